The molecular formula is C11H17N3O2. The third-order valence-electron chi connectivity index (χ3n) is 2.12. The number of carbonyl (C=O) groups excluding carboxylic acids is 1. The minimum Gasteiger partial charge on any atom is -0.348 e. The number of rotatable bonds is 4. The van der Waals surface area contributed by atoms with Crippen LogP contribution in [0.4, 0.5) is 0 Å². The van der Waals surface area contributed by atoms with E-state index in [0.29, 0.717) is 18.0 Å². The molecule has 0 aromatic carbocycles. The summed E-state index contributed by atoms with van der Waals surface area (Å²) in [6, 6.07) is 2.81. The van der Waals surface area contributed by atoms with Crippen molar-refractivity contribution in [3.05, 3.63) is 28.2 Å². The van der Waals surface area contributed by atoms with Crippen LogP contribution in [0.2, 0.25) is 0 Å². The van der Waals surface area contributed by atoms with Crippen LogP contribution in [0.1, 0.15) is 38.9 Å². The van der Waals surface area contributed by atoms with E-state index in [1.807, 2.05) is 20.8 Å². The van der Waals surface area contributed by atoms with Gasteiger partial charge in [-0.25, -0.2) is 5.10 Å². The summed E-state index contributed by atoms with van der Waals surface area (Å²) < 4.78 is 0. The smallest absolute Gasteiger partial charge is 0.264 e. The van der Waals surface area contributed by atoms with Crippen LogP contribution in [0, 0.1) is 5.92 Å². The van der Waals surface area contributed by atoms with E-state index in [9.17, 15) is 9.59 Å². The Balaban J connectivity index is 2.58. The fraction of sp³-hybridized carbons (Fsp3) is 0.545. The highest BCUT2D eigenvalue weighted by Gasteiger charge is 2.11. The first kappa shape index (κ1) is 12.4. The number of nitrogens with zero attached hydrogens (tertiary/aromatic N) is 1. The minimum atomic E-state index is -0.246. The van der Waals surface area contributed by atoms with Crippen molar-refractivity contribution in [1.29, 1.82) is 0 Å². The molecule has 0 bridgehead atoms. The third-order valence-corrected chi connectivity index (χ3v) is 2.12. The van der Waals surface area contributed by atoms with E-state index in [1.165, 1.54) is 6.07 Å². The normalized spacial score (nSPS) is 12.5. The monoisotopic (exact) mass is 223 g/mol. The molecule has 0 aliphatic carbocycles. The summed E-state index contributed by atoms with van der Waals surface area (Å²) in [7, 11) is 0. The van der Waals surface area contributed by atoms with Gasteiger partial charge in [-0.2, -0.15) is 5.10 Å². The lowest BCUT2D eigenvalue weighted by atomic mass is 10.1. The Kier molecular flexibility index (Phi) is 4.22. The van der Waals surface area contributed by atoms with E-state index in [-0.39, 0.29) is 17.5 Å². The Bertz CT molecular complexity index is 391. The molecular weight excluding hydrogens is 206 g/mol. The van der Waals surface area contributed by atoms with Crippen LogP contribution >= 0.6 is 0 Å². The second-order valence-corrected chi connectivity index (χ2v) is 4.23. The van der Waals surface area contributed by atoms with Crippen molar-refractivity contribution in [2.24, 2.45) is 5.92 Å². The van der Waals surface area contributed by atoms with Crippen LogP contribution in [-0.2, 0) is 4.79 Å². The van der Waals surface area contributed by atoms with Crippen LogP contribution in [0.25, 0.3) is 0 Å². The van der Waals surface area contributed by atoms with Crippen molar-refractivity contribution < 1.29 is 4.79 Å². The molecule has 5 nitrogen and oxygen atoms in total. The van der Waals surface area contributed by atoms with Crippen LogP contribution in [0.15, 0.2) is 16.9 Å². The van der Waals surface area contributed by atoms with Crippen LogP contribution < -0.4 is 10.9 Å². The van der Waals surface area contributed by atoms with Crippen molar-refractivity contribution in [3.63, 3.8) is 0 Å². The number of hydrogen-bond acceptors (Lipinski definition) is 3. The maximum Gasteiger partial charge on any atom is 0.264 e. The molecule has 1 heterocycles. The quantitative estimate of drug-likeness (QED) is 0.799. The zero-order valence-electron chi connectivity index (χ0n) is 9.78. The average molecular weight is 223 g/mol. The van der Waals surface area contributed by atoms with E-state index in [0.717, 1.165) is 0 Å². The highest BCUT2D eigenvalue weighted by molar-refractivity contribution is 5.76. The van der Waals surface area contributed by atoms with Gasteiger partial charge in [-0.15, -0.1) is 0 Å². The van der Waals surface area contributed by atoms with E-state index < -0.39 is 0 Å². The molecule has 1 atom stereocenters. The van der Waals surface area contributed by atoms with Gasteiger partial charge in [-0.3, -0.25) is 9.59 Å². The molecule has 1 unspecified atom stereocenters. The molecule has 88 valence electrons. The number of nitrogens with one attached hydrogen (secondary N) is 2. The predicted octanol–water partition coefficient (Wildman–Crippen LogP) is 0.993. The Hall–Kier alpha value is -1.65. The largest absolute Gasteiger partial charge is 0.348 e. The standard InChI is InChI=1S/C11H17N3O2/c1-7(2)6-11(16)12-8(3)9-4-5-10(15)14-13-9/h4-5,7-8H,6H2,1-3H3,(H,12,16)(H,14,15). The van der Waals surface area contributed by atoms with Gasteiger partial charge < -0.3 is 5.32 Å². The van der Waals surface area contributed by atoms with Gasteiger partial charge in [-0.1, -0.05) is 13.8 Å². The molecule has 0 fully saturated rings. The second kappa shape index (κ2) is 5.44. The SMILES string of the molecule is CC(C)CC(=O)NC(C)c1ccc(=O)[nH]n1. The molecule has 0 spiro atoms. The number of aromatic nitrogens is 2. The number of carbonyl (C=O) groups is 1. The summed E-state index contributed by atoms with van der Waals surface area (Å²) in [6.45, 7) is 5.81. The fourth-order valence-corrected chi connectivity index (χ4v) is 1.34. The lowest BCUT2D eigenvalue weighted by Crippen LogP contribution is -2.28. The fourth-order valence-electron chi connectivity index (χ4n) is 1.34. The number of H-pyrrole nitrogens is 1. The molecule has 2 N–H and O–H groups in total. The van der Waals surface area contributed by atoms with Crippen molar-refractivity contribution >= 4 is 5.91 Å². The first-order valence-electron chi connectivity index (χ1n) is 5.34. The molecule has 5 heteroatoms. The molecule has 1 rings (SSSR count). The molecule has 0 radical (unpaired) electrons. The number of amides is 1. The topological polar surface area (TPSA) is 74.8 Å². The highest BCUT2D eigenvalue weighted by Crippen LogP contribution is 2.07. The van der Waals surface area contributed by atoms with E-state index in [2.05, 4.69) is 15.5 Å². The molecule has 0 saturated heterocycles. The lowest BCUT2D eigenvalue weighted by Gasteiger charge is -2.13. The highest BCUT2D eigenvalue weighted by atomic mass is 16.1. The van der Waals surface area contributed by atoms with E-state index in [1.54, 1.807) is 6.07 Å². The summed E-state index contributed by atoms with van der Waals surface area (Å²) in [5.41, 5.74) is 0.404. The Morgan fingerprint density at radius 2 is 2.12 bits per heavy atom. The van der Waals surface area contributed by atoms with Crippen LogP contribution in [-0.4, -0.2) is 16.1 Å². The predicted molar refractivity (Wildman–Crippen MR) is 60.9 cm³/mol. The van der Waals surface area contributed by atoms with Crippen molar-refractivity contribution in [1.82, 2.24) is 15.5 Å². The molecule has 16 heavy (non-hydrogen) atoms. The van der Waals surface area contributed by atoms with Gasteiger partial charge in [0, 0.05) is 12.5 Å². The Labute approximate surface area is 94.3 Å². The van der Waals surface area contributed by atoms with Gasteiger partial charge >= 0.3 is 0 Å². The van der Waals surface area contributed by atoms with Crippen molar-refractivity contribution in [2.45, 2.75) is 33.2 Å². The average Bonchev–Trinajstić information content (AvgIpc) is 2.16. The van der Waals surface area contributed by atoms with Gasteiger partial charge in [0.05, 0.1) is 11.7 Å². The van der Waals surface area contributed by atoms with E-state index >= 15 is 0 Å². The number of aromatic amines is 1. The third kappa shape index (κ3) is 3.84. The first-order valence-corrected chi connectivity index (χ1v) is 5.34. The maximum absolute atomic E-state index is 11.5. The van der Waals surface area contributed by atoms with Gasteiger partial charge in [0.25, 0.3) is 5.56 Å². The molecule has 0 aliphatic rings. The zero-order valence-corrected chi connectivity index (χ0v) is 9.78. The van der Waals surface area contributed by atoms with Crippen molar-refractivity contribution in [3.8, 4) is 0 Å². The van der Waals surface area contributed by atoms with Gasteiger partial charge in [0.1, 0.15) is 0 Å². The second-order valence-electron chi connectivity index (χ2n) is 4.23. The lowest BCUT2D eigenvalue weighted by molar-refractivity contribution is -0.122. The van der Waals surface area contributed by atoms with Gasteiger partial charge in [0.2, 0.25) is 5.91 Å². The number of hydrogen-bond donors (Lipinski definition) is 2. The summed E-state index contributed by atoms with van der Waals surface area (Å²) in [5.74, 6) is 0.325. The molecule has 1 aromatic rings. The van der Waals surface area contributed by atoms with Gasteiger partial charge in [0.15, 0.2) is 0 Å². The minimum absolute atomic E-state index is 0.00417. The van der Waals surface area contributed by atoms with Crippen LogP contribution in [0.3, 0.4) is 0 Å². The first-order chi connectivity index (χ1) is 7.49. The summed E-state index contributed by atoms with van der Waals surface area (Å²) >= 11 is 0. The summed E-state index contributed by atoms with van der Waals surface area (Å²) in [4.78, 5) is 22.3. The summed E-state index contributed by atoms with van der Waals surface area (Å²) in [6.07, 6.45) is 0.494. The zero-order chi connectivity index (χ0) is 12.1. The van der Waals surface area contributed by atoms with Crippen molar-refractivity contribution in [2.75, 3.05) is 0 Å². The van der Waals surface area contributed by atoms with Gasteiger partial charge in [-0.05, 0) is 18.9 Å². The molecule has 0 aliphatic heterocycles. The molecule has 1 aromatic heterocycles. The maximum atomic E-state index is 11.5. The molecule has 1 amide bonds. The summed E-state index contributed by atoms with van der Waals surface area (Å²) in [5, 5.41) is 9.02. The van der Waals surface area contributed by atoms with Crippen LogP contribution in [0.5, 0.6) is 0 Å². The van der Waals surface area contributed by atoms with E-state index in [4.69, 9.17) is 0 Å². The Morgan fingerprint density at radius 1 is 1.44 bits per heavy atom. The molecule has 0 saturated carbocycles. The Morgan fingerprint density at radius 3 is 2.62 bits per heavy atom.